The van der Waals surface area contributed by atoms with Crippen molar-refractivity contribution >= 4 is 29.0 Å². The van der Waals surface area contributed by atoms with Crippen LogP contribution in [-0.4, -0.2) is 19.1 Å². The van der Waals surface area contributed by atoms with Crippen molar-refractivity contribution in [3.8, 4) is 17.6 Å². The number of hydrogen-bond donors (Lipinski definition) is 1. The standard InChI is InChI=1S/C17H14N2O3S/c1-11-4-7-23-16(11)8-12(10-18)17(20)19-13-2-3-14-15(9-13)22-6-5-21-14/h2-4,7-9H,5-6H2,1H3,(H,19,20)/b12-8+. The van der Waals surface area contributed by atoms with Gasteiger partial charge in [-0.1, -0.05) is 0 Å². The van der Waals surface area contributed by atoms with E-state index in [2.05, 4.69) is 5.32 Å². The summed E-state index contributed by atoms with van der Waals surface area (Å²) in [5, 5.41) is 13.9. The SMILES string of the molecule is Cc1ccsc1/C=C(\C#N)C(=O)Nc1ccc2c(c1)OCCO2. The Morgan fingerprint density at radius 1 is 1.30 bits per heavy atom. The van der Waals surface area contributed by atoms with Crippen molar-refractivity contribution in [1.82, 2.24) is 0 Å². The number of benzene rings is 1. The number of ether oxygens (including phenoxy) is 2. The zero-order valence-corrected chi connectivity index (χ0v) is 13.3. The molecular formula is C17H14N2O3S. The molecule has 1 aromatic heterocycles. The highest BCUT2D eigenvalue weighted by Gasteiger charge is 2.15. The highest BCUT2D eigenvalue weighted by atomic mass is 32.1. The summed E-state index contributed by atoms with van der Waals surface area (Å²) in [7, 11) is 0. The first-order chi connectivity index (χ1) is 11.2. The third-order valence-corrected chi connectivity index (χ3v) is 4.31. The maximum absolute atomic E-state index is 12.3. The summed E-state index contributed by atoms with van der Waals surface area (Å²) in [6.45, 7) is 2.93. The Balaban J connectivity index is 1.79. The van der Waals surface area contributed by atoms with Gasteiger partial charge in [0.2, 0.25) is 0 Å². The van der Waals surface area contributed by atoms with E-state index in [1.54, 1.807) is 24.3 Å². The summed E-state index contributed by atoms with van der Waals surface area (Å²) in [5.74, 6) is 0.794. The summed E-state index contributed by atoms with van der Waals surface area (Å²) in [5.41, 5.74) is 1.66. The summed E-state index contributed by atoms with van der Waals surface area (Å²) < 4.78 is 10.9. The van der Waals surface area contributed by atoms with Crippen LogP contribution < -0.4 is 14.8 Å². The lowest BCUT2D eigenvalue weighted by Crippen LogP contribution is -2.17. The fraction of sp³-hybridized carbons (Fsp3) is 0.176. The molecule has 0 bridgehead atoms. The third-order valence-electron chi connectivity index (χ3n) is 3.34. The molecule has 0 saturated heterocycles. The molecular weight excluding hydrogens is 312 g/mol. The van der Waals surface area contributed by atoms with Crippen molar-refractivity contribution in [3.63, 3.8) is 0 Å². The van der Waals surface area contributed by atoms with E-state index < -0.39 is 5.91 Å². The lowest BCUT2D eigenvalue weighted by Gasteiger charge is -2.18. The molecule has 1 N–H and O–H groups in total. The lowest BCUT2D eigenvalue weighted by atomic mass is 10.2. The summed E-state index contributed by atoms with van der Waals surface area (Å²) >= 11 is 1.49. The van der Waals surface area contributed by atoms with Crippen LogP contribution in [0, 0.1) is 18.3 Å². The molecule has 2 aromatic rings. The number of amides is 1. The Morgan fingerprint density at radius 3 is 2.78 bits per heavy atom. The molecule has 23 heavy (non-hydrogen) atoms. The maximum Gasteiger partial charge on any atom is 0.266 e. The summed E-state index contributed by atoms with van der Waals surface area (Å²) in [6, 6.07) is 9.05. The lowest BCUT2D eigenvalue weighted by molar-refractivity contribution is -0.112. The van der Waals surface area contributed by atoms with Crippen molar-refractivity contribution in [2.45, 2.75) is 6.92 Å². The smallest absolute Gasteiger partial charge is 0.266 e. The van der Waals surface area contributed by atoms with Crippen LogP contribution in [-0.2, 0) is 4.79 Å². The summed E-state index contributed by atoms with van der Waals surface area (Å²) in [6.07, 6.45) is 1.60. The molecule has 0 saturated carbocycles. The molecule has 6 heteroatoms. The minimum Gasteiger partial charge on any atom is -0.486 e. The number of anilines is 1. The number of nitrogens with zero attached hydrogens (tertiary/aromatic N) is 1. The molecule has 0 aliphatic carbocycles. The van der Waals surface area contributed by atoms with E-state index in [9.17, 15) is 10.1 Å². The fourth-order valence-corrected chi connectivity index (χ4v) is 2.99. The van der Waals surface area contributed by atoms with Gasteiger partial charge in [-0.3, -0.25) is 4.79 Å². The predicted octanol–water partition coefficient (Wildman–Crippen LogP) is 3.37. The Morgan fingerprint density at radius 2 is 2.09 bits per heavy atom. The van der Waals surface area contributed by atoms with Crippen LogP contribution in [0.15, 0.2) is 35.2 Å². The highest BCUT2D eigenvalue weighted by Crippen LogP contribution is 2.32. The number of hydrogen-bond acceptors (Lipinski definition) is 5. The number of rotatable bonds is 3. The third kappa shape index (κ3) is 3.35. The zero-order valence-electron chi connectivity index (χ0n) is 12.5. The van der Waals surface area contributed by atoms with Crippen LogP contribution in [0.5, 0.6) is 11.5 Å². The van der Waals surface area contributed by atoms with Gasteiger partial charge in [-0.2, -0.15) is 5.26 Å². The van der Waals surface area contributed by atoms with Gasteiger partial charge in [0.15, 0.2) is 11.5 Å². The molecule has 2 heterocycles. The van der Waals surface area contributed by atoms with Crippen molar-refractivity contribution in [2.75, 3.05) is 18.5 Å². The second-order valence-electron chi connectivity index (χ2n) is 4.95. The van der Waals surface area contributed by atoms with E-state index in [0.717, 1.165) is 10.4 Å². The maximum atomic E-state index is 12.3. The topological polar surface area (TPSA) is 71.4 Å². The highest BCUT2D eigenvalue weighted by molar-refractivity contribution is 7.11. The van der Waals surface area contributed by atoms with Crippen molar-refractivity contribution < 1.29 is 14.3 Å². The number of carbonyl (C=O) groups is 1. The minimum atomic E-state index is -0.447. The van der Waals surface area contributed by atoms with Gasteiger partial charge < -0.3 is 14.8 Å². The molecule has 0 spiro atoms. The molecule has 1 aliphatic rings. The number of nitrogens with one attached hydrogen (secondary N) is 1. The first-order valence-corrected chi connectivity index (χ1v) is 7.92. The van der Waals surface area contributed by atoms with Crippen LogP contribution in [0.2, 0.25) is 0 Å². The second-order valence-corrected chi connectivity index (χ2v) is 5.90. The van der Waals surface area contributed by atoms with Crippen LogP contribution in [0.25, 0.3) is 6.08 Å². The van der Waals surface area contributed by atoms with Gasteiger partial charge in [0, 0.05) is 16.6 Å². The Bertz CT molecular complexity index is 817. The Kier molecular flexibility index (Phi) is 4.31. The molecule has 0 atom stereocenters. The Hall–Kier alpha value is -2.78. The minimum absolute atomic E-state index is 0.0606. The van der Waals surface area contributed by atoms with Crippen LogP contribution in [0.4, 0.5) is 5.69 Å². The van der Waals surface area contributed by atoms with Gasteiger partial charge in [0.05, 0.1) is 0 Å². The quantitative estimate of drug-likeness (QED) is 0.693. The van der Waals surface area contributed by atoms with E-state index in [-0.39, 0.29) is 5.57 Å². The van der Waals surface area contributed by atoms with E-state index in [0.29, 0.717) is 30.4 Å². The van der Waals surface area contributed by atoms with E-state index in [1.165, 1.54) is 11.3 Å². The van der Waals surface area contributed by atoms with Gasteiger partial charge in [-0.15, -0.1) is 11.3 Å². The number of nitriles is 1. The van der Waals surface area contributed by atoms with E-state index in [1.807, 2.05) is 24.4 Å². The average molecular weight is 326 g/mol. The van der Waals surface area contributed by atoms with Crippen molar-refractivity contribution in [3.05, 3.63) is 45.7 Å². The van der Waals surface area contributed by atoms with E-state index >= 15 is 0 Å². The zero-order chi connectivity index (χ0) is 16.2. The normalized spacial score (nSPS) is 13.3. The van der Waals surface area contributed by atoms with Crippen LogP contribution >= 0.6 is 11.3 Å². The molecule has 0 fully saturated rings. The van der Waals surface area contributed by atoms with E-state index in [4.69, 9.17) is 9.47 Å². The average Bonchev–Trinajstić information content (AvgIpc) is 2.97. The number of carbonyl (C=O) groups excluding carboxylic acids is 1. The fourth-order valence-electron chi connectivity index (χ4n) is 2.13. The number of aryl methyl sites for hydroxylation is 1. The van der Waals surface area contributed by atoms with Crippen molar-refractivity contribution in [1.29, 1.82) is 5.26 Å². The monoisotopic (exact) mass is 326 g/mol. The van der Waals surface area contributed by atoms with Crippen molar-refractivity contribution in [2.24, 2.45) is 0 Å². The molecule has 1 aromatic carbocycles. The first kappa shape index (κ1) is 15.1. The molecule has 0 unspecified atom stereocenters. The van der Waals surface area contributed by atoms with Gasteiger partial charge in [0.1, 0.15) is 24.9 Å². The van der Waals surface area contributed by atoms with Gasteiger partial charge in [-0.05, 0) is 42.1 Å². The molecule has 1 amide bonds. The number of fused-ring (bicyclic) bond motifs is 1. The molecule has 1 aliphatic heterocycles. The van der Waals surface area contributed by atoms with Crippen LogP contribution in [0.1, 0.15) is 10.4 Å². The Labute approximate surface area is 137 Å². The second kappa shape index (κ2) is 6.55. The van der Waals surface area contributed by atoms with Gasteiger partial charge in [-0.25, -0.2) is 0 Å². The van der Waals surface area contributed by atoms with Crippen LogP contribution in [0.3, 0.4) is 0 Å². The molecule has 116 valence electrons. The predicted molar refractivity (Wildman–Crippen MR) is 88.7 cm³/mol. The largest absolute Gasteiger partial charge is 0.486 e. The van der Waals surface area contributed by atoms with Gasteiger partial charge in [0.25, 0.3) is 5.91 Å². The molecule has 5 nitrogen and oxygen atoms in total. The van der Waals surface area contributed by atoms with Gasteiger partial charge >= 0.3 is 0 Å². The summed E-state index contributed by atoms with van der Waals surface area (Å²) in [4.78, 5) is 13.2. The first-order valence-electron chi connectivity index (χ1n) is 7.04. The number of thiophene rings is 1. The molecule has 0 radical (unpaired) electrons. The molecule has 3 rings (SSSR count).